The minimum Gasteiger partial charge on any atom is -0.434 e. The summed E-state index contributed by atoms with van der Waals surface area (Å²) in [5.41, 5.74) is 2.94. The molecule has 1 N–H and O–H groups in total. The van der Waals surface area contributed by atoms with E-state index in [2.05, 4.69) is 36.5 Å². The van der Waals surface area contributed by atoms with Crippen LogP contribution in [-0.2, 0) is 16.0 Å². The molecule has 1 aliphatic rings. The number of benzene rings is 2. The van der Waals surface area contributed by atoms with Gasteiger partial charge in [-0.2, -0.15) is 0 Å². The predicted molar refractivity (Wildman–Crippen MR) is 125 cm³/mol. The summed E-state index contributed by atoms with van der Waals surface area (Å²) in [5.74, 6) is 0.733. The zero-order chi connectivity index (χ0) is 23.6. The molecule has 0 atom stereocenters. The highest BCUT2D eigenvalue weighted by Gasteiger charge is 2.24. The highest BCUT2D eigenvalue weighted by Crippen LogP contribution is 2.20. The number of nitrogens with one attached hydrogen (secondary N) is 1. The molecular weight excluding hydrogens is 420 g/mol. The van der Waals surface area contributed by atoms with Crippen molar-refractivity contribution in [2.45, 2.75) is 39.5 Å². The number of rotatable bonds is 8. The summed E-state index contributed by atoms with van der Waals surface area (Å²) >= 11 is 0. The van der Waals surface area contributed by atoms with Gasteiger partial charge in [0, 0.05) is 31.6 Å². The molecule has 0 saturated carbocycles. The Labute approximate surface area is 195 Å². The number of ether oxygens (including phenoxy) is 2. The van der Waals surface area contributed by atoms with Crippen LogP contribution in [0.25, 0.3) is 0 Å². The zero-order valence-electron chi connectivity index (χ0n) is 19.3. The van der Waals surface area contributed by atoms with Gasteiger partial charge in [0.1, 0.15) is 5.75 Å². The molecular formula is C26H32N2O5. The number of carbonyl (C=O) groups excluding carboxylic acids is 3. The Bertz CT molecular complexity index is 932. The number of nitrogens with zero attached hydrogens (tertiary/aromatic N) is 1. The van der Waals surface area contributed by atoms with E-state index in [4.69, 9.17) is 9.47 Å². The van der Waals surface area contributed by atoms with Crippen molar-refractivity contribution in [3.63, 3.8) is 0 Å². The van der Waals surface area contributed by atoms with Crippen molar-refractivity contribution in [1.29, 1.82) is 0 Å². The van der Waals surface area contributed by atoms with Crippen LogP contribution < -0.4 is 10.1 Å². The van der Waals surface area contributed by atoms with Crippen LogP contribution in [0.15, 0.2) is 48.5 Å². The Kier molecular flexibility index (Phi) is 8.87. The van der Waals surface area contributed by atoms with Crippen LogP contribution in [0.5, 0.6) is 5.75 Å². The molecule has 0 aliphatic carbocycles. The first kappa shape index (κ1) is 24.3. The molecule has 7 heteroatoms. The number of hydrogen-bond donors (Lipinski definition) is 1. The highest BCUT2D eigenvalue weighted by atomic mass is 16.7. The molecule has 1 heterocycles. The van der Waals surface area contributed by atoms with Crippen molar-refractivity contribution < 1.29 is 23.9 Å². The molecule has 1 aliphatic heterocycles. The molecule has 1 fully saturated rings. The van der Waals surface area contributed by atoms with E-state index in [-0.39, 0.29) is 18.4 Å². The third-order valence-electron chi connectivity index (χ3n) is 5.82. The van der Waals surface area contributed by atoms with Crippen molar-refractivity contribution in [2.24, 2.45) is 5.92 Å². The summed E-state index contributed by atoms with van der Waals surface area (Å²) in [6, 6.07) is 14.7. The van der Waals surface area contributed by atoms with E-state index < -0.39 is 6.16 Å². The average molecular weight is 453 g/mol. The molecule has 2 aromatic carbocycles. The van der Waals surface area contributed by atoms with Crippen LogP contribution in [0.4, 0.5) is 4.79 Å². The molecule has 0 radical (unpaired) electrons. The predicted octanol–water partition coefficient (Wildman–Crippen LogP) is 4.13. The number of piperidine rings is 1. The number of aryl methyl sites for hydroxylation is 2. The lowest BCUT2D eigenvalue weighted by molar-refractivity contribution is -0.121. The average Bonchev–Trinajstić information content (AvgIpc) is 2.83. The first-order chi connectivity index (χ1) is 15.9. The van der Waals surface area contributed by atoms with E-state index in [1.54, 1.807) is 31.2 Å². The smallest absolute Gasteiger partial charge is 0.434 e. The maximum absolute atomic E-state index is 12.8. The molecule has 0 spiro atoms. The van der Waals surface area contributed by atoms with Crippen molar-refractivity contribution in [1.82, 2.24) is 10.2 Å². The van der Waals surface area contributed by atoms with E-state index in [9.17, 15) is 14.4 Å². The van der Waals surface area contributed by atoms with Crippen LogP contribution in [-0.4, -0.2) is 49.1 Å². The molecule has 2 aromatic rings. The van der Waals surface area contributed by atoms with Gasteiger partial charge >= 0.3 is 6.16 Å². The molecule has 33 heavy (non-hydrogen) atoms. The van der Waals surface area contributed by atoms with E-state index in [0.717, 1.165) is 19.3 Å². The quantitative estimate of drug-likeness (QED) is 0.481. The summed E-state index contributed by atoms with van der Waals surface area (Å²) in [6.45, 7) is 5.95. The maximum atomic E-state index is 12.8. The van der Waals surface area contributed by atoms with Crippen molar-refractivity contribution in [3.8, 4) is 5.75 Å². The number of hydrogen-bond acceptors (Lipinski definition) is 5. The van der Waals surface area contributed by atoms with Gasteiger partial charge in [0.2, 0.25) is 5.91 Å². The van der Waals surface area contributed by atoms with E-state index in [0.29, 0.717) is 43.3 Å². The van der Waals surface area contributed by atoms with Gasteiger partial charge in [0.15, 0.2) is 0 Å². The SMILES string of the molecule is CCOC(=O)Oc1ccc(C(=O)N2CCC(CNC(=O)CCc3ccc(C)cc3)CC2)cc1. The van der Waals surface area contributed by atoms with Crippen molar-refractivity contribution >= 4 is 18.0 Å². The fourth-order valence-corrected chi connectivity index (χ4v) is 3.79. The molecule has 0 aromatic heterocycles. The van der Waals surface area contributed by atoms with Crippen molar-refractivity contribution in [2.75, 3.05) is 26.2 Å². The van der Waals surface area contributed by atoms with Gasteiger partial charge in [0.05, 0.1) is 6.61 Å². The van der Waals surface area contributed by atoms with Crippen molar-refractivity contribution in [3.05, 3.63) is 65.2 Å². The van der Waals surface area contributed by atoms with Crippen LogP contribution in [0, 0.1) is 12.8 Å². The summed E-state index contributed by atoms with van der Waals surface area (Å²) in [6.07, 6.45) is 2.17. The van der Waals surface area contributed by atoms with E-state index in [1.165, 1.54) is 11.1 Å². The molecule has 0 bridgehead atoms. The van der Waals surface area contributed by atoms with Crippen LogP contribution in [0.3, 0.4) is 0 Å². The standard InChI is InChI=1S/C26H32N2O5/c1-3-32-26(31)33-23-11-9-22(10-12-23)25(30)28-16-14-21(15-17-28)18-27-24(29)13-8-20-6-4-19(2)5-7-20/h4-7,9-12,21H,3,8,13-18H2,1-2H3,(H,27,29). The lowest BCUT2D eigenvalue weighted by Crippen LogP contribution is -2.41. The Morgan fingerprint density at radius 1 is 1.00 bits per heavy atom. The van der Waals surface area contributed by atoms with Gasteiger partial charge in [-0.25, -0.2) is 4.79 Å². The Hall–Kier alpha value is -3.35. The summed E-state index contributed by atoms with van der Waals surface area (Å²) < 4.78 is 9.76. The zero-order valence-corrected chi connectivity index (χ0v) is 19.3. The monoisotopic (exact) mass is 452 g/mol. The number of amides is 2. The normalized spacial score (nSPS) is 13.9. The second-order valence-corrected chi connectivity index (χ2v) is 8.33. The van der Waals surface area contributed by atoms with Gasteiger partial charge < -0.3 is 19.7 Å². The molecule has 2 amide bonds. The summed E-state index contributed by atoms with van der Waals surface area (Å²) in [4.78, 5) is 38.2. The van der Waals surface area contributed by atoms with Gasteiger partial charge in [0.25, 0.3) is 5.91 Å². The summed E-state index contributed by atoms with van der Waals surface area (Å²) in [5, 5.41) is 3.05. The molecule has 176 valence electrons. The van der Waals surface area contributed by atoms with Gasteiger partial charge in [-0.1, -0.05) is 29.8 Å². The van der Waals surface area contributed by atoms with Crippen LogP contribution >= 0.6 is 0 Å². The lowest BCUT2D eigenvalue weighted by Gasteiger charge is -2.32. The van der Waals surface area contributed by atoms with E-state index >= 15 is 0 Å². The Morgan fingerprint density at radius 3 is 2.30 bits per heavy atom. The Morgan fingerprint density at radius 2 is 1.67 bits per heavy atom. The highest BCUT2D eigenvalue weighted by molar-refractivity contribution is 5.94. The largest absolute Gasteiger partial charge is 0.513 e. The number of likely N-dealkylation sites (tertiary alicyclic amines) is 1. The summed E-state index contributed by atoms with van der Waals surface area (Å²) in [7, 11) is 0. The topological polar surface area (TPSA) is 84.9 Å². The molecule has 0 unspecified atom stereocenters. The van der Waals surface area contributed by atoms with Gasteiger partial charge in [-0.3, -0.25) is 9.59 Å². The third kappa shape index (κ3) is 7.63. The second kappa shape index (κ2) is 12.0. The minimum absolute atomic E-state index is 0.0433. The first-order valence-corrected chi connectivity index (χ1v) is 11.5. The van der Waals surface area contributed by atoms with Gasteiger partial charge in [-0.05, 0) is 68.9 Å². The van der Waals surface area contributed by atoms with Crippen LogP contribution in [0.2, 0.25) is 0 Å². The van der Waals surface area contributed by atoms with E-state index in [1.807, 2.05) is 4.90 Å². The Balaban J connectivity index is 1.37. The minimum atomic E-state index is -0.763. The van der Waals surface area contributed by atoms with Crippen LogP contribution in [0.1, 0.15) is 47.7 Å². The van der Waals surface area contributed by atoms with Gasteiger partial charge in [-0.15, -0.1) is 0 Å². The first-order valence-electron chi connectivity index (χ1n) is 11.5. The second-order valence-electron chi connectivity index (χ2n) is 8.33. The fraction of sp³-hybridized carbons (Fsp3) is 0.423. The fourth-order valence-electron chi connectivity index (χ4n) is 3.79. The number of carbonyl (C=O) groups is 3. The molecule has 7 nitrogen and oxygen atoms in total. The maximum Gasteiger partial charge on any atom is 0.513 e. The third-order valence-corrected chi connectivity index (χ3v) is 5.82. The molecule has 1 saturated heterocycles. The lowest BCUT2D eigenvalue weighted by atomic mass is 9.96. The molecule has 3 rings (SSSR count).